The summed E-state index contributed by atoms with van der Waals surface area (Å²) in [5, 5.41) is 13.2. The summed E-state index contributed by atoms with van der Waals surface area (Å²) < 4.78 is 53.3. The van der Waals surface area contributed by atoms with Crippen molar-refractivity contribution in [2.24, 2.45) is 0 Å². The molecule has 2 aliphatic rings. The van der Waals surface area contributed by atoms with Gasteiger partial charge in [-0.3, -0.25) is 23.7 Å². The molecule has 1 aromatic carbocycles. The molecule has 1 aliphatic carbocycles. The predicted molar refractivity (Wildman–Crippen MR) is 145 cm³/mol. The average molecular weight is 648 g/mol. The van der Waals surface area contributed by atoms with Crippen molar-refractivity contribution in [3.05, 3.63) is 61.8 Å². The zero-order valence-corrected chi connectivity index (χ0v) is 24.4. The van der Waals surface area contributed by atoms with Gasteiger partial charge in [0.25, 0.3) is 5.56 Å². The summed E-state index contributed by atoms with van der Waals surface area (Å²) in [6.07, 6.45) is 0.479. The summed E-state index contributed by atoms with van der Waals surface area (Å²) >= 11 is 3.30. The number of benzene rings is 1. The van der Waals surface area contributed by atoms with E-state index in [0.29, 0.717) is 0 Å². The first kappa shape index (κ1) is 30.6. The lowest BCUT2D eigenvalue weighted by Gasteiger charge is -2.27. The van der Waals surface area contributed by atoms with Gasteiger partial charge in [-0.15, -0.1) is 0 Å². The Kier molecular flexibility index (Phi) is 9.69. The van der Waals surface area contributed by atoms with E-state index in [1.54, 1.807) is 12.1 Å². The number of rotatable bonds is 10. The maximum absolute atomic E-state index is 15.6. The van der Waals surface area contributed by atoms with Gasteiger partial charge >= 0.3 is 19.4 Å². The second-order valence-electron chi connectivity index (χ2n) is 10.0. The number of halogens is 2. The number of esters is 1. The van der Waals surface area contributed by atoms with Gasteiger partial charge < -0.3 is 19.1 Å². The Morgan fingerprint density at radius 1 is 1.27 bits per heavy atom. The zero-order valence-electron chi connectivity index (χ0n) is 22.0. The molecule has 1 aromatic heterocycles. The molecule has 12 nitrogen and oxygen atoms in total. The van der Waals surface area contributed by atoms with Gasteiger partial charge in [0.2, 0.25) is 0 Å². The van der Waals surface area contributed by atoms with Gasteiger partial charge in [0, 0.05) is 16.7 Å². The Morgan fingerprint density at radius 3 is 2.60 bits per heavy atom. The number of aromatic nitrogens is 2. The second kappa shape index (κ2) is 12.7. The van der Waals surface area contributed by atoms with Crippen molar-refractivity contribution in [2.45, 2.75) is 82.2 Å². The van der Waals surface area contributed by atoms with Crippen molar-refractivity contribution < 1.29 is 37.4 Å². The number of ether oxygens (including phenoxy) is 2. The number of nitrogens with one attached hydrogen (secondary N) is 2. The molecule has 2 fully saturated rings. The van der Waals surface area contributed by atoms with E-state index in [1.165, 1.54) is 19.1 Å². The number of hydrogen-bond acceptors (Lipinski definition) is 9. The molecule has 0 spiro atoms. The lowest BCUT2D eigenvalue weighted by atomic mass is 9.98. The summed E-state index contributed by atoms with van der Waals surface area (Å²) in [6.45, 7) is 1.84. The van der Waals surface area contributed by atoms with Crippen LogP contribution in [0.15, 0.2) is 50.6 Å². The molecule has 4 rings (SSSR count). The third-order valence-electron chi connectivity index (χ3n) is 6.81. The van der Waals surface area contributed by atoms with Gasteiger partial charge in [0.15, 0.2) is 11.9 Å². The number of carbonyl (C=O) groups excluding carboxylic acids is 1. The van der Waals surface area contributed by atoms with Crippen molar-refractivity contribution in [1.29, 1.82) is 0 Å². The smallest absolute Gasteiger partial charge is 0.459 e. The van der Waals surface area contributed by atoms with Gasteiger partial charge in [-0.05, 0) is 63.8 Å². The predicted octanol–water partition coefficient (Wildman–Crippen LogP) is 3.34. The van der Waals surface area contributed by atoms with Crippen LogP contribution in [0.3, 0.4) is 0 Å². The highest BCUT2D eigenvalue weighted by Crippen LogP contribution is 2.47. The number of aliphatic hydroxyl groups excluding tert-OH is 1. The fourth-order valence-corrected chi connectivity index (χ4v) is 6.36. The molecule has 3 N–H and O–H groups in total. The molecule has 2 unspecified atom stereocenters. The molecule has 2 heterocycles. The molecule has 1 aliphatic heterocycles. The van der Waals surface area contributed by atoms with Gasteiger partial charge in [0.1, 0.15) is 30.1 Å². The molecule has 0 amide bonds. The molecule has 220 valence electrons. The van der Waals surface area contributed by atoms with E-state index in [9.17, 15) is 24.1 Å². The molecule has 0 radical (unpaired) electrons. The van der Waals surface area contributed by atoms with E-state index in [0.717, 1.165) is 60.3 Å². The minimum absolute atomic E-state index is 0.146. The van der Waals surface area contributed by atoms with E-state index >= 15 is 4.39 Å². The van der Waals surface area contributed by atoms with Gasteiger partial charge in [0.05, 0.1) is 6.61 Å². The highest BCUT2D eigenvalue weighted by Gasteiger charge is 2.56. The van der Waals surface area contributed by atoms with E-state index in [2.05, 4.69) is 21.0 Å². The summed E-state index contributed by atoms with van der Waals surface area (Å²) in [5.74, 6) is -0.492. The minimum atomic E-state index is -4.34. The standard InChI is InChI=1S/C25H32BrFN3O9P/c1-15(22(33)37-17-6-4-3-5-7-17)29-40(35,39-18-10-8-16(26)9-11-18)36-14-19-21(32)25(2,27)23(38-19)30-13-12-20(31)28-24(30)34/h8-13,15,17,19,21,23,32H,3-7,14H2,1-2H3,(H,29,35)(H,28,31,34)/t15-,19+,21+,23?,25+,40?/m0/s1. The normalized spacial score (nSPS) is 27.6. The van der Waals surface area contributed by atoms with Crippen LogP contribution in [0.5, 0.6) is 5.75 Å². The first-order valence-corrected chi connectivity index (χ1v) is 15.2. The van der Waals surface area contributed by atoms with Gasteiger partial charge in [-0.2, -0.15) is 5.09 Å². The number of hydrogen-bond donors (Lipinski definition) is 3. The first-order chi connectivity index (χ1) is 18.9. The van der Waals surface area contributed by atoms with Crippen molar-refractivity contribution in [2.75, 3.05) is 6.61 Å². The van der Waals surface area contributed by atoms with Crippen LogP contribution in [0, 0.1) is 0 Å². The first-order valence-electron chi connectivity index (χ1n) is 12.9. The van der Waals surface area contributed by atoms with E-state index in [1.807, 2.05) is 4.98 Å². The molecule has 0 bridgehead atoms. The second-order valence-corrected chi connectivity index (χ2v) is 12.6. The fraction of sp³-hybridized carbons (Fsp3) is 0.560. The van der Waals surface area contributed by atoms with Crippen LogP contribution >= 0.6 is 23.7 Å². The fourth-order valence-electron chi connectivity index (χ4n) is 4.60. The van der Waals surface area contributed by atoms with E-state index in [4.69, 9.17) is 18.5 Å². The topological polar surface area (TPSA) is 158 Å². The Hall–Kier alpha value is -2.35. The quantitative estimate of drug-likeness (QED) is 0.258. The van der Waals surface area contributed by atoms with Crippen LogP contribution < -0.4 is 20.9 Å². The number of aliphatic hydroxyl groups is 1. The molecule has 15 heteroatoms. The maximum atomic E-state index is 15.6. The van der Waals surface area contributed by atoms with Crippen molar-refractivity contribution in [3.63, 3.8) is 0 Å². The average Bonchev–Trinajstić information content (AvgIpc) is 3.13. The molecule has 1 saturated carbocycles. The largest absolute Gasteiger partial charge is 0.461 e. The van der Waals surface area contributed by atoms with E-state index < -0.39 is 61.7 Å². The number of alkyl halides is 1. The summed E-state index contributed by atoms with van der Waals surface area (Å²) in [4.78, 5) is 38.4. The third kappa shape index (κ3) is 7.29. The van der Waals surface area contributed by atoms with Crippen LogP contribution in [0.25, 0.3) is 0 Å². The molecular weight excluding hydrogens is 616 g/mol. The SMILES string of the molecule is C[C@H](NP(=O)(OC[C@H]1OC(n2ccc(=O)[nH]c2=O)[C@](C)(F)[C@@H]1O)Oc1ccc(Br)cc1)C(=O)OC1CCCCC1. The van der Waals surface area contributed by atoms with Crippen molar-refractivity contribution in [1.82, 2.24) is 14.6 Å². The summed E-state index contributed by atoms with van der Waals surface area (Å²) in [6, 6.07) is 6.23. The lowest BCUT2D eigenvalue weighted by Crippen LogP contribution is -2.44. The number of aromatic amines is 1. The van der Waals surface area contributed by atoms with E-state index in [-0.39, 0.29) is 11.9 Å². The third-order valence-corrected chi connectivity index (χ3v) is 8.98. The molecule has 6 atom stereocenters. The Bertz CT molecular complexity index is 1350. The number of nitrogens with zero attached hydrogens (tertiary/aromatic N) is 1. The molecular formula is C25H32BrFN3O9P. The van der Waals surface area contributed by atoms with Gasteiger partial charge in [-0.25, -0.2) is 13.8 Å². The van der Waals surface area contributed by atoms with Crippen LogP contribution in [0.2, 0.25) is 0 Å². The number of carbonyl (C=O) groups is 1. The highest BCUT2D eigenvalue weighted by molar-refractivity contribution is 9.10. The monoisotopic (exact) mass is 647 g/mol. The van der Waals surface area contributed by atoms with Crippen molar-refractivity contribution in [3.8, 4) is 5.75 Å². The minimum Gasteiger partial charge on any atom is -0.461 e. The van der Waals surface area contributed by atoms with Gasteiger partial charge in [-0.1, -0.05) is 22.4 Å². The summed E-state index contributed by atoms with van der Waals surface area (Å²) in [7, 11) is -4.34. The zero-order chi connectivity index (χ0) is 29.1. The number of H-pyrrole nitrogens is 1. The highest BCUT2D eigenvalue weighted by atomic mass is 79.9. The molecule has 40 heavy (non-hydrogen) atoms. The van der Waals surface area contributed by atoms with Crippen molar-refractivity contribution >= 4 is 29.6 Å². The van der Waals surface area contributed by atoms with Crippen LogP contribution in [-0.4, -0.2) is 57.3 Å². The Morgan fingerprint density at radius 2 is 1.95 bits per heavy atom. The van der Waals surface area contributed by atoms with Crippen LogP contribution in [-0.2, 0) is 23.4 Å². The van der Waals surface area contributed by atoms with Crippen LogP contribution in [0.1, 0.15) is 52.2 Å². The van der Waals surface area contributed by atoms with Crippen LogP contribution in [0.4, 0.5) is 4.39 Å². The summed E-state index contributed by atoms with van der Waals surface area (Å²) in [5.41, 5.74) is -4.11. The lowest BCUT2D eigenvalue weighted by molar-refractivity contribution is -0.152. The Balaban J connectivity index is 1.49. The Labute approximate surface area is 237 Å². The maximum Gasteiger partial charge on any atom is 0.459 e. The molecule has 1 saturated heterocycles. The molecule has 2 aromatic rings.